The minimum absolute atomic E-state index is 0.246. The van der Waals surface area contributed by atoms with Crippen LogP contribution in [0.15, 0.2) is 24.5 Å². The summed E-state index contributed by atoms with van der Waals surface area (Å²) in [5.74, 6) is 0.257. The SMILES string of the molecule is CCNC(C)CC(=O)N(Cc1ccncc1)C1CC1. The van der Waals surface area contributed by atoms with Crippen molar-refractivity contribution in [3.8, 4) is 0 Å². The van der Waals surface area contributed by atoms with Gasteiger partial charge in [0, 0.05) is 37.4 Å². The number of carbonyl (C=O) groups is 1. The molecule has 4 nitrogen and oxygen atoms in total. The minimum Gasteiger partial charge on any atom is -0.335 e. The largest absolute Gasteiger partial charge is 0.335 e. The predicted molar refractivity (Wildman–Crippen MR) is 75.6 cm³/mol. The molecule has 0 saturated heterocycles. The van der Waals surface area contributed by atoms with E-state index in [1.807, 2.05) is 17.0 Å². The summed E-state index contributed by atoms with van der Waals surface area (Å²) in [5, 5.41) is 3.30. The molecule has 2 rings (SSSR count). The van der Waals surface area contributed by atoms with E-state index in [4.69, 9.17) is 0 Å². The van der Waals surface area contributed by atoms with Gasteiger partial charge >= 0.3 is 0 Å². The van der Waals surface area contributed by atoms with E-state index < -0.39 is 0 Å². The van der Waals surface area contributed by atoms with Gasteiger partial charge in [0.2, 0.25) is 5.91 Å². The van der Waals surface area contributed by atoms with Crippen LogP contribution in [-0.2, 0) is 11.3 Å². The summed E-state index contributed by atoms with van der Waals surface area (Å²) in [7, 11) is 0. The summed E-state index contributed by atoms with van der Waals surface area (Å²) >= 11 is 0. The summed E-state index contributed by atoms with van der Waals surface area (Å²) in [4.78, 5) is 18.4. The van der Waals surface area contributed by atoms with Crippen molar-refractivity contribution in [3.63, 3.8) is 0 Å². The van der Waals surface area contributed by atoms with E-state index in [-0.39, 0.29) is 11.9 Å². The normalized spacial score (nSPS) is 16.1. The second-order valence-electron chi connectivity index (χ2n) is 5.27. The number of amides is 1. The van der Waals surface area contributed by atoms with E-state index in [0.717, 1.165) is 24.9 Å². The van der Waals surface area contributed by atoms with Crippen LogP contribution in [0.2, 0.25) is 0 Å². The van der Waals surface area contributed by atoms with Crippen molar-refractivity contribution in [2.24, 2.45) is 0 Å². The third kappa shape index (κ3) is 4.31. The lowest BCUT2D eigenvalue weighted by Crippen LogP contribution is -2.37. The molecular weight excluding hydrogens is 238 g/mol. The highest BCUT2D eigenvalue weighted by Gasteiger charge is 2.32. The Hall–Kier alpha value is -1.42. The van der Waals surface area contributed by atoms with E-state index in [1.165, 1.54) is 0 Å². The Morgan fingerprint density at radius 1 is 1.47 bits per heavy atom. The van der Waals surface area contributed by atoms with Gasteiger partial charge in [0.15, 0.2) is 0 Å². The third-order valence-electron chi connectivity index (χ3n) is 3.44. The van der Waals surface area contributed by atoms with Crippen molar-refractivity contribution < 1.29 is 4.79 Å². The van der Waals surface area contributed by atoms with Crippen LogP contribution >= 0.6 is 0 Å². The maximum atomic E-state index is 12.4. The number of rotatable bonds is 7. The summed E-state index contributed by atoms with van der Waals surface area (Å²) in [6, 6.07) is 4.66. The van der Waals surface area contributed by atoms with Gasteiger partial charge in [-0.2, -0.15) is 0 Å². The van der Waals surface area contributed by atoms with Crippen molar-refractivity contribution in [1.29, 1.82) is 0 Å². The molecule has 0 radical (unpaired) electrons. The summed E-state index contributed by atoms with van der Waals surface area (Å²) in [5.41, 5.74) is 1.16. The Morgan fingerprint density at radius 2 is 2.16 bits per heavy atom. The molecule has 1 fully saturated rings. The Bertz CT molecular complexity index is 403. The van der Waals surface area contributed by atoms with Gasteiger partial charge in [0.05, 0.1) is 0 Å². The number of pyridine rings is 1. The standard InChI is InChI=1S/C15H23N3O/c1-3-17-12(2)10-15(19)18(14-4-5-14)11-13-6-8-16-9-7-13/h6-9,12,14,17H,3-5,10-11H2,1-2H3. The van der Waals surface area contributed by atoms with Crippen LogP contribution in [0.3, 0.4) is 0 Å². The van der Waals surface area contributed by atoms with Crippen LogP contribution in [0.4, 0.5) is 0 Å². The zero-order chi connectivity index (χ0) is 13.7. The highest BCUT2D eigenvalue weighted by Crippen LogP contribution is 2.29. The Labute approximate surface area is 115 Å². The molecule has 1 amide bonds. The van der Waals surface area contributed by atoms with Gasteiger partial charge in [-0.3, -0.25) is 9.78 Å². The van der Waals surface area contributed by atoms with Gasteiger partial charge in [0.25, 0.3) is 0 Å². The fraction of sp³-hybridized carbons (Fsp3) is 0.600. The summed E-state index contributed by atoms with van der Waals surface area (Å²) in [6.07, 6.45) is 6.44. The Balaban J connectivity index is 1.94. The van der Waals surface area contributed by atoms with Gasteiger partial charge in [-0.25, -0.2) is 0 Å². The molecule has 4 heteroatoms. The van der Waals surface area contributed by atoms with Crippen molar-refractivity contribution in [3.05, 3.63) is 30.1 Å². The molecule has 1 aliphatic rings. The number of nitrogens with one attached hydrogen (secondary N) is 1. The van der Waals surface area contributed by atoms with E-state index in [9.17, 15) is 4.79 Å². The molecule has 1 aromatic rings. The van der Waals surface area contributed by atoms with E-state index in [2.05, 4.69) is 24.1 Å². The Morgan fingerprint density at radius 3 is 2.74 bits per heavy atom. The second kappa shape index (κ2) is 6.66. The van der Waals surface area contributed by atoms with Gasteiger partial charge in [-0.05, 0) is 44.0 Å². The van der Waals surface area contributed by atoms with E-state index in [1.54, 1.807) is 12.4 Å². The number of nitrogens with zero attached hydrogens (tertiary/aromatic N) is 2. The van der Waals surface area contributed by atoms with Crippen LogP contribution in [0.25, 0.3) is 0 Å². The fourth-order valence-electron chi connectivity index (χ4n) is 2.29. The summed E-state index contributed by atoms with van der Waals surface area (Å²) in [6.45, 7) is 5.75. The number of hydrogen-bond acceptors (Lipinski definition) is 3. The van der Waals surface area contributed by atoms with E-state index >= 15 is 0 Å². The van der Waals surface area contributed by atoms with Gasteiger partial charge in [-0.1, -0.05) is 6.92 Å². The monoisotopic (exact) mass is 261 g/mol. The summed E-state index contributed by atoms with van der Waals surface area (Å²) < 4.78 is 0. The van der Waals surface area contributed by atoms with Crippen LogP contribution in [0.5, 0.6) is 0 Å². The fourth-order valence-corrected chi connectivity index (χ4v) is 2.29. The van der Waals surface area contributed by atoms with Crippen molar-refractivity contribution >= 4 is 5.91 Å². The zero-order valence-corrected chi connectivity index (χ0v) is 11.8. The van der Waals surface area contributed by atoms with Crippen LogP contribution in [0, 0.1) is 0 Å². The number of aromatic nitrogens is 1. The molecule has 19 heavy (non-hydrogen) atoms. The molecule has 1 N–H and O–H groups in total. The second-order valence-corrected chi connectivity index (χ2v) is 5.27. The molecule has 1 aromatic heterocycles. The van der Waals surface area contributed by atoms with Crippen LogP contribution in [0.1, 0.15) is 38.7 Å². The molecule has 0 spiro atoms. The maximum absolute atomic E-state index is 12.4. The molecular formula is C15H23N3O. The van der Waals surface area contributed by atoms with Crippen molar-refractivity contribution in [2.45, 2.75) is 51.7 Å². The molecule has 0 bridgehead atoms. The van der Waals surface area contributed by atoms with E-state index in [0.29, 0.717) is 19.0 Å². The third-order valence-corrected chi connectivity index (χ3v) is 3.44. The molecule has 1 aliphatic carbocycles. The number of carbonyl (C=O) groups excluding carboxylic acids is 1. The minimum atomic E-state index is 0.246. The first-order chi connectivity index (χ1) is 9.20. The van der Waals surface area contributed by atoms with Crippen LogP contribution < -0.4 is 5.32 Å². The first kappa shape index (κ1) is 14.0. The zero-order valence-electron chi connectivity index (χ0n) is 11.8. The van der Waals surface area contributed by atoms with Crippen LogP contribution in [-0.4, -0.2) is 34.4 Å². The highest BCUT2D eigenvalue weighted by atomic mass is 16.2. The quantitative estimate of drug-likeness (QED) is 0.816. The molecule has 1 saturated carbocycles. The van der Waals surface area contributed by atoms with Gasteiger partial charge < -0.3 is 10.2 Å². The van der Waals surface area contributed by atoms with Gasteiger partial charge in [0.1, 0.15) is 0 Å². The molecule has 0 aromatic carbocycles. The molecule has 1 heterocycles. The lowest BCUT2D eigenvalue weighted by atomic mass is 10.2. The lowest BCUT2D eigenvalue weighted by molar-refractivity contribution is -0.132. The molecule has 1 unspecified atom stereocenters. The Kier molecular flexibility index (Phi) is 4.91. The lowest BCUT2D eigenvalue weighted by Gasteiger charge is -2.24. The van der Waals surface area contributed by atoms with Crippen molar-refractivity contribution in [1.82, 2.24) is 15.2 Å². The molecule has 0 aliphatic heterocycles. The maximum Gasteiger partial charge on any atom is 0.224 e. The predicted octanol–water partition coefficient (Wildman–Crippen LogP) is 1.96. The topological polar surface area (TPSA) is 45.2 Å². The van der Waals surface area contributed by atoms with Crippen molar-refractivity contribution in [2.75, 3.05) is 6.54 Å². The highest BCUT2D eigenvalue weighted by molar-refractivity contribution is 5.77. The van der Waals surface area contributed by atoms with Gasteiger partial charge in [-0.15, -0.1) is 0 Å². The average molecular weight is 261 g/mol. The first-order valence-corrected chi connectivity index (χ1v) is 7.12. The average Bonchev–Trinajstić information content (AvgIpc) is 3.21. The first-order valence-electron chi connectivity index (χ1n) is 7.12. The number of hydrogen-bond donors (Lipinski definition) is 1. The smallest absolute Gasteiger partial charge is 0.224 e. The molecule has 104 valence electrons. The molecule has 1 atom stereocenters.